The number of amides is 1. The number of phenolic OH excluding ortho intramolecular Hbond substituents is 1. The van der Waals surface area contributed by atoms with E-state index in [1.54, 1.807) is 24.3 Å². The molecule has 1 amide bonds. The zero-order valence-electron chi connectivity index (χ0n) is 14.5. The monoisotopic (exact) mass is 371 g/mol. The summed E-state index contributed by atoms with van der Waals surface area (Å²) in [7, 11) is 0. The van der Waals surface area contributed by atoms with Crippen LogP contribution in [0.5, 0.6) is 17.2 Å². The molecule has 4 rings (SSSR count). The number of ether oxygens (including phenoxy) is 3. The summed E-state index contributed by atoms with van der Waals surface area (Å²) >= 11 is 0. The molecule has 140 valence electrons. The molecular formula is C19H17NO7. The molecule has 0 radical (unpaired) electrons. The first-order valence-corrected chi connectivity index (χ1v) is 8.33. The van der Waals surface area contributed by atoms with E-state index in [4.69, 9.17) is 14.2 Å². The number of hydrogen-bond donors (Lipinski definition) is 2. The van der Waals surface area contributed by atoms with E-state index in [9.17, 15) is 19.8 Å². The minimum Gasteiger partial charge on any atom is -0.507 e. The maximum Gasteiger partial charge on any atom is 0.302 e. The molecule has 2 heterocycles. The van der Waals surface area contributed by atoms with Gasteiger partial charge in [0.15, 0.2) is 11.5 Å². The summed E-state index contributed by atoms with van der Waals surface area (Å²) in [6.45, 7) is 1.33. The van der Waals surface area contributed by atoms with Crippen LogP contribution in [0.15, 0.2) is 36.4 Å². The third-order valence-corrected chi connectivity index (χ3v) is 4.64. The van der Waals surface area contributed by atoms with Crippen molar-refractivity contribution in [2.24, 2.45) is 0 Å². The number of para-hydroxylation sites is 1. The summed E-state index contributed by atoms with van der Waals surface area (Å²) in [6, 6.07) is 9.44. The maximum atomic E-state index is 13.2. The quantitative estimate of drug-likeness (QED) is 0.780. The zero-order chi connectivity index (χ0) is 19.2. The third-order valence-electron chi connectivity index (χ3n) is 4.64. The Morgan fingerprint density at radius 3 is 2.67 bits per heavy atom. The number of rotatable bonds is 4. The van der Waals surface area contributed by atoms with Crippen molar-refractivity contribution in [1.82, 2.24) is 0 Å². The molecule has 0 saturated heterocycles. The summed E-state index contributed by atoms with van der Waals surface area (Å²) in [5, 5.41) is 21.9. The van der Waals surface area contributed by atoms with Crippen molar-refractivity contribution >= 4 is 17.6 Å². The Balaban J connectivity index is 1.78. The van der Waals surface area contributed by atoms with Crippen molar-refractivity contribution in [2.75, 3.05) is 24.8 Å². The second-order valence-corrected chi connectivity index (χ2v) is 6.25. The van der Waals surface area contributed by atoms with Crippen LogP contribution in [0.25, 0.3) is 0 Å². The molecule has 1 unspecified atom stereocenters. The number of esters is 1. The Labute approximate surface area is 154 Å². The number of hydrogen-bond acceptors (Lipinski definition) is 7. The molecule has 2 aliphatic rings. The third kappa shape index (κ3) is 2.57. The Hall–Kier alpha value is -3.26. The van der Waals surface area contributed by atoms with Crippen LogP contribution in [0.3, 0.4) is 0 Å². The van der Waals surface area contributed by atoms with Crippen molar-refractivity contribution in [2.45, 2.75) is 12.5 Å². The normalized spacial score (nSPS) is 19.9. The number of aromatic hydroxyl groups is 1. The standard InChI is InChI=1S/C19H17NO7/c1-11(21)25-7-6-20-14-5-3-2-4-12(14)19(24,18(20)23)13-8-16-17(9-15(13)22)27-10-26-16/h2-5,8-9,22,24H,6-7,10H2,1H3. The van der Waals surface area contributed by atoms with Crippen molar-refractivity contribution in [3.05, 3.63) is 47.5 Å². The maximum absolute atomic E-state index is 13.2. The lowest BCUT2D eigenvalue weighted by molar-refractivity contribution is -0.141. The van der Waals surface area contributed by atoms with E-state index < -0.39 is 17.5 Å². The largest absolute Gasteiger partial charge is 0.507 e. The van der Waals surface area contributed by atoms with Gasteiger partial charge in [-0.25, -0.2) is 0 Å². The number of benzene rings is 2. The highest BCUT2D eigenvalue weighted by Gasteiger charge is 2.52. The molecule has 1 atom stereocenters. The first-order valence-electron chi connectivity index (χ1n) is 8.33. The highest BCUT2D eigenvalue weighted by Crippen LogP contribution is 2.49. The minimum absolute atomic E-state index is 0.000753. The van der Waals surface area contributed by atoms with Crippen molar-refractivity contribution < 1.29 is 34.0 Å². The van der Waals surface area contributed by atoms with E-state index in [0.29, 0.717) is 22.7 Å². The van der Waals surface area contributed by atoms with Crippen molar-refractivity contribution in [3.63, 3.8) is 0 Å². The molecule has 2 aromatic rings. The fourth-order valence-corrected chi connectivity index (χ4v) is 3.42. The van der Waals surface area contributed by atoms with E-state index in [1.165, 1.54) is 24.0 Å². The number of aliphatic hydroxyl groups is 1. The first-order chi connectivity index (χ1) is 12.9. The summed E-state index contributed by atoms with van der Waals surface area (Å²) in [4.78, 5) is 25.5. The van der Waals surface area contributed by atoms with Crippen LogP contribution in [0.4, 0.5) is 5.69 Å². The van der Waals surface area contributed by atoms with Gasteiger partial charge in [-0.05, 0) is 12.1 Å². The van der Waals surface area contributed by atoms with Crippen LogP contribution in [-0.2, 0) is 19.9 Å². The molecule has 8 heteroatoms. The number of fused-ring (bicyclic) bond motifs is 2. The lowest BCUT2D eigenvalue weighted by Crippen LogP contribution is -2.42. The summed E-state index contributed by atoms with van der Waals surface area (Å²) in [6.07, 6.45) is 0. The van der Waals surface area contributed by atoms with Gasteiger partial charge in [0.2, 0.25) is 12.4 Å². The summed E-state index contributed by atoms with van der Waals surface area (Å²) in [5.74, 6) is -0.722. The summed E-state index contributed by atoms with van der Waals surface area (Å²) in [5.41, 5.74) is -1.29. The predicted octanol–water partition coefficient (Wildman–Crippen LogP) is 1.27. The molecule has 0 aliphatic carbocycles. The lowest BCUT2D eigenvalue weighted by atomic mass is 9.86. The minimum atomic E-state index is -2.10. The van der Waals surface area contributed by atoms with Gasteiger partial charge >= 0.3 is 5.97 Å². The molecular weight excluding hydrogens is 354 g/mol. The molecule has 8 nitrogen and oxygen atoms in total. The highest BCUT2D eigenvalue weighted by molar-refractivity contribution is 6.09. The van der Waals surface area contributed by atoms with E-state index in [0.717, 1.165) is 0 Å². The average Bonchev–Trinajstić information content (AvgIpc) is 3.18. The summed E-state index contributed by atoms with van der Waals surface area (Å²) < 4.78 is 15.5. The fraction of sp³-hybridized carbons (Fsp3) is 0.263. The first kappa shape index (κ1) is 17.2. The van der Waals surface area contributed by atoms with Gasteiger partial charge in [0.25, 0.3) is 5.91 Å². The number of phenols is 1. The Morgan fingerprint density at radius 2 is 1.93 bits per heavy atom. The van der Waals surface area contributed by atoms with Gasteiger partial charge in [0.05, 0.1) is 12.2 Å². The Bertz CT molecular complexity index is 942. The second kappa shape index (κ2) is 6.17. The number of carbonyl (C=O) groups excluding carboxylic acids is 2. The topological polar surface area (TPSA) is 106 Å². The van der Waals surface area contributed by atoms with Gasteiger partial charge in [0, 0.05) is 24.1 Å². The van der Waals surface area contributed by atoms with Gasteiger partial charge < -0.3 is 29.3 Å². The van der Waals surface area contributed by atoms with Gasteiger partial charge in [-0.15, -0.1) is 0 Å². The van der Waals surface area contributed by atoms with Gasteiger partial charge in [-0.2, -0.15) is 0 Å². The molecule has 0 fully saturated rings. The van der Waals surface area contributed by atoms with Crippen LogP contribution in [-0.4, -0.2) is 42.0 Å². The van der Waals surface area contributed by atoms with Crippen LogP contribution in [0, 0.1) is 0 Å². The number of nitrogens with zero attached hydrogens (tertiary/aromatic N) is 1. The molecule has 2 aromatic carbocycles. The second-order valence-electron chi connectivity index (χ2n) is 6.25. The van der Waals surface area contributed by atoms with E-state index in [1.807, 2.05) is 0 Å². The van der Waals surface area contributed by atoms with E-state index >= 15 is 0 Å². The Kier molecular flexibility index (Phi) is 3.92. The van der Waals surface area contributed by atoms with Gasteiger partial charge in [-0.1, -0.05) is 18.2 Å². The van der Waals surface area contributed by atoms with Gasteiger partial charge in [-0.3, -0.25) is 9.59 Å². The van der Waals surface area contributed by atoms with Crippen molar-refractivity contribution in [1.29, 1.82) is 0 Å². The van der Waals surface area contributed by atoms with E-state index in [-0.39, 0.29) is 31.3 Å². The molecule has 2 aliphatic heterocycles. The average molecular weight is 371 g/mol. The highest BCUT2D eigenvalue weighted by atomic mass is 16.7. The van der Waals surface area contributed by atoms with E-state index in [2.05, 4.69) is 0 Å². The molecule has 2 N–H and O–H groups in total. The van der Waals surface area contributed by atoms with Gasteiger partial charge in [0.1, 0.15) is 12.4 Å². The van der Waals surface area contributed by atoms with Crippen LogP contribution in [0.1, 0.15) is 18.1 Å². The molecule has 0 spiro atoms. The smallest absolute Gasteiger partial charge is 0.302 e. The van der Waals surface area contributed by atoms with Crippen molar-refractivity contribution in [3.8, 4) is 17.2 Å². The molecule has 0 aromatic heterocycles. The molecule has 0 bridgehead atoms. The zero-order valence-corrected chi connectivity index (χ0v) is 14.5. The van der Waals surface area contributed by atoms with Crippen LogP contribution >= 0.6 is 0 Å². The Morgan fingerprint density at radius 1 is 1.22 bits per heavy atom. The molecule has 27 heavy (non-hydrogen) atoms. The lowest BCUT2D eigenvalue weighted by Gasteiger charge is -2.24. The SMILES string of the molecule is CC(=O)OCCN1C(=O)C(O)(c2cc3c(cc2O)OCO3)c2ccccc21. The van der Waals surface area contributed by atoms with Crippen LogP contribution in [0.2, 0.25) is 0 Å². The number of carbonyl (C=O) groups is 2. The number of anilines is 1. The molecule has 0 saturated carbocycles. The fourth-order valence-electron chi connectivity index (χ4n) is 3.42. The predicted molar refractivity (Wildman–Crippen MR) is 92.7 cm³/mol. The van der Waals surface area contributed by atoms with Crippen LogP contribution < -0.4 is 14.4 Å².